The first kappa shape index (κ1) is 19.3. The molecule has 2 heterocycles. The smallest absolute Gasteiger partial charge is 0.414 e. The number of aryl methyl sites for hydroxylation is 1. The summed E-state index contributed by atoms with van der Waals surface area (Å²) in [5.41, 5.74) is 1.35. The summed E-state index contributed by atoms with van der Waals surface area (Å²) in [4.78, 5) is 40.6. The van der Waals surface area contributed by atoms with Crippen molar-refractivity contribution in [2.75, 3.05) is 23.3 Å². The van der Waals surface area contributed by atoms with Gasteiger partial charge in [0.2, 0.25) is 5.91 Å². The second-order valence-corrected chi connectivity index (χ2v) is 6.36. The molecule has 1 aliphatic rings. The summed E-state index contributed by atoms with van der Waals surface area (Å²) < 4.78 is 19.6. The van der Waals surface area contributed by atoms with Crippen LogP contribution in [0, 0.1) is 12.7 Å². The van der Waals surface area contributed by atoms with Crippen LogP contribution in [0.3, 0.4) is 0 Å². The van der Waals surface area contributed by atoms with Crippen LogP contribution in [-0.4, -0.2) is 42.1 Å². The first-order valence-corrected chi connectivity index (χ1v) is 8.59. The van der Waals surface area contributed by atoms with Gasteiger partial charge in [-0.05, 0) is 37.3 Å². The van der Waals surface area contributed by atoms with E-state index in [1.807, 2.05) is 6.92 Å². The van der Waals surface area contributed by atoms with Gasteiger partial charge in [-0.25, -0.2) is 9.18 Å². The van der Waals surface area contributed by atoms with Crippen molar-refractivity contribution in [3.05, 3.63) is 53.6 Å². The molecule has 28 heavy (non-hydrogen) atoms. The summed E-state index contributed by atoms with van der Waals surface area (Å²) in [5.74, 6) is -1.63. The number of hydrogen-bond acceptors (Lipinski definition) is 5. The van der Waals surface area contributed by atoms with E-state index in [0.29, 0.717) is 5.69 Å². The van der Waals surface area contributed by atoms with Gasteiger partial charge in [0.05, 0.1) is 36.2 Å². The van der Waals surface area contributed by atoms with E-state index < -0.39 is 23.9 Å². The fraction of sp³-hybridized carbons (Fsp3) is 0.263. The third-order valence-corrected chi connectivity index (χ3v) is 4.13. The molecule has 1 aromatic heterocycles. The summed E-state index contributed by atoms with van der Waals surface area (Å²) in [6.45, 7) is 3.51. The normalized spacial score (nSPS) is 15.9. The summed E-state index contributed by atoms with van der Waals surface area (Å²) in [7, 11) is 0. The fourth-order valence-corrected chi connectivity index (χ4v) is 2.69. The highest BCUT2D eigenvalue weighted by molar-refractivity contribution is 6.04. The van der Waals surface area contributed by atoms with Crippen LogP contribution >= 0.6 is 0 Å². The van der Waals surface area contributed by atoms with E-state index in [2.05, 4.69) is 15.6 Å². The zero-order valence-electron chi connectivity index (χ0n) is 15.4. The van der Waals surface area contributed by atoms with Crippen LogP contribution in [0.2, 0.25) is 0 Å². The maximum absolute atomic E-state index is 14.5. The fourth-order valence-electron chi connectivity index (χ4n) is 2.69. The number of carbonyl (C=O) groups is 3. The Morgan fingerprint density at radius 1 is 1.32 bits per heavy atom. The van der Waals surface area contributed by atoms with E-state index in [1.165, 1.54) is 30.2 Å². The van der Waals surface area contributed by atoms with Crippen molar-refractivity contribution in [1.29, 1.82) is 0 Å². The zero-order valence-corrected chi connectivity index (χ0v) is 15.4. The van der Waals surface area contributed by atoms with Crippen LogP contribution in [-0.2, 0) is 9.53 Å². The summed E-state index contributed by atoms with van der Waals surface area (Å²) in [6.07, 6.45) is 0.309. The first-order valence-electron chi connectivity index (χ1n) is 8.59. The Bertz CT molecular complexity index is 917. The van der Waals surface area contributed by atoms with Gasteiger partial charge in [0.1, 0.15) is 11.9 Å². The lowest BCUT2D eigenvalue weighted by Crippen LogP contribution is -2.33. The van der Waals surface area contributed by atoms with Crippen LogP contribution in [0.15, 0.2) is 36.5 Å². The van der Waals surface area contributed by atoms with Crippen molar-refractivity contribution < 1.29 is 23.5 Å². The van der Waals surface area contributed by atoms with Gasteiger partial charge in [0.15, 0.2) is 0 Å². The highest BCUT2D eigenvalue weighted by Crippen LogP contribution is 2.24. The lowest BCUT2D eigenvalue weighted by Gasteiger charge is -2.14. The van der Waals surface area contributed by atoms with E-state index >= 15 is 0 Å². The largest absolute Gasteiger partial charge is 0.442 e. The van der Waals surface area contributed by atoms with E-state index in [4.69, 9.17) is 4.74 Å². The molecule has 1 fully saturated rings. The molecule has 0 radical (unpaired) electrons. The van der Waals surface area contributed by atoms with Gasteiger partial charge in [0.25, 0.3) is 5.91 Å². The zero-order chi connectivity index (χ0) is 20.3. The molecule has 9 heteroatoms. The monoisotopic (exact) mass is 386 g/mol. The highest BCUT2D eigenvalue weighted by atomic mass is 19.1. The van der Waals surface area contributed by atoms with Crippen LogP contribution in [0.4, 0.5) is 20.6 Å². The third-order valence-electron chi connectivity index (χ3n) is 4.13. The number of carbonyl (C=O) groups excluding carboxylic acids is 3. The molecule has 0 unspecified atom stereocenters. The Labute approximate surface area is 160 Å². The minimum atomic E-state index is -0.770. The van der Waals surface area contributed by atoms with Gasteiger partial charge in [0, 0.05) is 12.6 Å². The molecular formula is C19H19FN4O4. The number of benzene rings is 1. The number of halogens is 1. The third kappa shape index (κ3) is 4.43. The van der Waals surface area contributed by atoms with E-state index in [1.54, 1.807) is 12.1 Å². The molecule has 0 aliphatic carbocycles. The Morgan fingerprint density at radius 2 is 2.11 bits per heavy atom. The number of nitrogens with zero attached hydrogens (tertiary/aromatic N) is 2. The molecule has 2 aromatic rings. The molecule has 146 valence electrons. The number of hydrogen-bond donors (Lipinski definition) is 2. The van der Waals surface area contributed by atoms with E-state index in [-0.39, 0.29) is 30.2 Å². The average molecular weight is 386 g/mol. The van der Waals surface area contributed by atoms with Crippen molar-refractivity contribution in [1.82, 2.24) is 10.3 Å². The van der Waals surface area contributed by atoms with Crippen LogP contribution in [0.25, 0.3) is 0 Å². The second-order valence-electron chi connectivity index (χ2n) is 6.36. The molecule has 3 amide bonds. The van der Waals surface area contributed by atoms with Crippen LogP contribution in [0.1, 0.15) is 23.0 Å². The van der Waals surface area contributed by atoms with Gasteiger partial charge in [-0.2, -0.15) is 0 Å². The number of cyclic esters (lactones) is 1. The Kier molecular flexibility index (Phi) is 5.53. The minimum Gasteiger partial charge on any atom is -0.442 e. The van der Waals surface area contributed by atoms with Crippen molar-refractivity contribution in [3.8, 4) is 0 Å². The molecule has 1 aliphatic heterocycles. The lowest BCUT2D eigenvalue weighted by molar-refractivity contribution is -0.119. The second kappa shape index (κ2) is 8.03. The number of ether oxygens (including phenoxy) is 1. The van der Waals surface area contributed by atoms with Crippen LogP contribution in [0.5, 0.6) is 0 Å². The van der Waals surface area contributed by atoms with Gasteiger partial charge in [-0.3, -0.25) is 19.5 Å². The maximum Gasteiger partial charge on any atom is 0.414 e. The standard InChI is InChI=1S/C19H19FN4O4/c1-11-3-4-13(8-21-11)23-18(26)16-6-5-14(7-17(16)20)24-10-15(28-19(24)27)9-22-12(2)25/h3-8,15H,9-10H2,1-2H3,(H,22,25)(H,23,26)/t15-/m0/s1. The van der Waals surface area contributed by atoms with Gasteiger partial charge >= 0.3 is 6.09 Å². The van der Waals surface area contributed by atoms with E-state index in [0.717, 1.165) is 11.8 Å². The molecule has 0 saturated carbocycles. The van der Waals surface area contributed by atoms with Crippen LogP contribution < -0.4 is 15.5 Å². The molecule has 3 rings (SSSR count). The van der Waals surface area contributed by atoms with Gasteiger partial charge in [-0.1, -0.05) is 0 Å². The number of rotatable bonds is 5. The molecule has 0 bridgehead atoms. The molecule has 1 saturated heterocycles. The Balaban J connectivity index is 1.69. The van der Waals surface area contributed by atoms with Crippen molar-refractivity contribution in [3.63, 3.8) is 0 Å². The van der Waals surface area contributed by atoms with Gasteiger partial charge < -0.3 is 15.4 Å². The summed E-state index contributed by atoms with van der Waals surface area (Å²) in [5, 5.41) is 5.14. The van der Waals surface area contributed by atoms with Crippen molar-refractivity contribution in [2.45, 2.75) is 20.0 Å². The summed E-state index contributed by atoms with van der Waals surface area (Å²) in [6, 6.07) is 7.27. The Hall–Kier alpha value is -3.49. The predicted molar refractivity (Wildman–Crippen MR) is 99.6 cm³/mol. The quantitative estimate of drug-likeness (QED) is 0.821. The Morgan fingerprint density at radius 3 is 2.75 bits per heavy atom. The lowest BCUT2D eigenvalue weighted by atomic mass is 10.1. The van der Waals surface area contributed by atoms with Crippen molar-refractivity contribution >= 4 is 29.3 Å². The number of amides is 3. The number of nitrogens with one attached hydrogen (secondary N) is 2. The molecular weight excluding hydrogens is 367 g/mol. The molecule has 8 nitrogen and oxygen atoms in total. The van der Waals surface area contributed by atoms with E-state index in [9.17, 15) is 18.8 Å². The topological polar surface area (TPSA) is 101 Å². The van der Waals surface area contributed by atoms with Gasteiger partial charge in [-0.15, -0.1) is 0 Å². The molecule has 1 aromatic carbocycles. The highest BCUT2D eigenvalue weighted by Gasteiger charge is 2.32. The summed E-state index contributed by atoms with van der Waals surface area (Å²) >= 11 is 0. The molecule has 2 N–H and O–H groups in total. The van der Waals surface area contributed by atoms with Crippen molar-refractivity contribution in [2.24, 2.45) is 0 Å². The average Bonchev–Trinajstić information content (AvgIpc) is 3.02. The predicted octanol–water partition coefficient (Wildman–Crippen LogP) is 2.24. The number of aromatic nitrogens is 1. The number of pyridine rings is 1. The maximum atomic E-state index is 14.5. The molecule has 0 spiro atoms. The number of anilines is 2. The SMILES string of the molecule is CC(=O)NC[C@H]1CN(c2ccc(C(=O)Nc3ccc(C)nc3)c(F)c2)C(=O)O1. The molecule has 1 atom stereocenters. The minimum absolute atomic E-state index is 0.160. The first-order chi connectivity index (χ1) is 13.3.